The fourth-order valence-corrected chi connectivity index (χ4v) is 2.45. The maximum Gasteiger partial charge on any atom is 0.173 e. The van der Waals surface area contributed by atoms with Gasteiger partial charge in [-0.05, 0) is 18.1 Å². The zero-order chi connectivity index (χ0) is 10.8. The van der Waals surface area contributed by atoms with Crippen molar-refractivity contribution in [3.8, 4) is 10.7 Å². The van der Waals surface area contributed by atoms with Crippen LogP contribution in [-0.4, -0.2) is 14.8 Å². The first kappa shape index (κ1) is 10.6. The molecule has 0 radical (unpaired) electrons. The summed E-state index contributed by atoms with van der Waals surface area (Å²) in [6.45, 7) is 5.27. The largest absolute Gasteiger partial charge is 0.313 e. The van der Waals surface area contributed by atoms with E-state index in [2.05, 4.69) is 28.6 Å². The van der Waals surface area contributed by atoms with Crippen LogP contribution >= 0.6 is 22.9 Å². The molecule has 0 spiro atoms. The minimum atomic E-state index is 0.579. The lowest BCUT2D eigenvalue weighted by Gasteiger charge is -2.07. The van der Waals surface area contributed by atoms with Crippen LogP contribution in [-0.2, 0) is 6.54 Å². The molecule has 0 saturated heterocycles. The first-order valence-corrected chi connectivity index (χ1v) is 6.00. The van der Waals surface area contributed by atoms with Crippen LogP contribution in [0.3, 0.4) is 0 Å². The zero-order valence-electron chi connectivity index (χ0n) is 8.64. The summed E-state index contributed by atoms with van der Waals surface area (Å²) in [6, 6.07) is 3.86. The third-order valence-corrected chi connectivity index (χ3v) is 3.20. The second-order valence-corrected chi connectivity index (χ2v) is 5.52. The predicted molar refractivity (Wildman–Crippen MR) is 63.2 cm³/mol. The Morgan fingerprint density at radius 3 is 2.87 bits per heavy atom. The summed E-state index contributed by atoms with van der Waals surface area (Å²) in [5, 5.41) is 8.05. The van der Waals surface area contributed by atoms with Gasteiger partial charge in [-0.3, -0.25) is 0 Å². The lowest BCUT2D eigenvalue weighted by Crippen LogP contribution is -2.04. The number of hydrogen-bond donors (Lipinski definition) is 0. The molecule has 2 rings (SSSR count). The third-order valence-electron chi connectivity index (χ3n) is 1.97. The summed E-state index contributed by atoms with van der Waals surface area (Å²) >= 11 is 7.43. The van der Waals surface area contributed by atoms with E-state index in [1.807, 2.05) is 12.1 Å². The van der Waals surface area contributed by atoms with E-state index < -0.39 is 0 Å². The van der Waals surface area contributed by atoms with E-state index in [-0.39, 0.29) is 0 Å². The number of halogens is 1. The fourth-order valence-electron chi connectivity index (χ4n) is 1.41. The van der Waals surface area contributed by atoms with Crippen LogP contribution < -0.4 is 0 Å². The van der Waals surface area contributed by atoms with Crippen molar-refractivity contribution in [1.82, 2.24) is 14.8 Å². The maximum atomic E-state index is 5.90. The highest BCUT2D eigenvalue weighted by Crippen LogP contribution is 2.29. The molecule has 5 heteroatoms. The van der Waals surface area contributed by atoms with Gasteiger partial charge in [-0.15, -0.1) is 21.5 Å². The van der Waals surface area contributed by atoms with Crippen LogP contribution in [0.1, 0.15) is 13.8 Å². The van der Waals surface area contributed by atoms with E-state index in [1.165, 1.54) is 11.3 Å². The molecule has 2 aromatic heterocycles. The van der Waals surface area contributed by atoms with E-state index in [0.717, 1.165) is 21.6 Å². The van der Waals surface area contributed by atoms with Crippen molar-refractivity contribution in [2.75, 3.05) is 0 Å². The van der Waals surface area contributed by atoms with Gasteiger partial charge in [-0.2, -0.15) is 0 Å². The Bertz CT molecular complexity index is 447. The molecule has 3 nitrogen and oxygen atoms in total. The van der Waals surface area contributed by atoms with Gasteiger partial charge in [0.2, 0.25) is 0 Å². The van der Waals surface area contributed by atoms with Crippen LogP contribution in [0.4, 0.5) is 0 Å². The highest BCUT2D eigenvalue weighted by Gasteiger charge is 2.10. The molecule has 0 saturated carbocycles. The number of thiophene rings is 1. The maximum absolute atomic E-state index is 5.90. The lowest BCUT2D eigenvalue weighted by atomic mass is 10.2. The molecule has 0 bridgehead atoms. The molecule has 2 aromatic rings. The summed E-state index contributed by atoms with van der Waals surface area (Å²) in [5.74, 6) is 1.48. The van der Waals surface area contributed by atoms with Crippen LogP contribution in [0.15, 0.2) is 18.5 Å². The van der Waals surface area contributed by atoms with Crippen molar-refractivity contribution in [3.05, 3.63) is 22.8 Å². The van der Waals surface area contributed by atoms with Crippen molar-refractivity contribution in [2.24, 2.45) is 5.92 Å². The summed E-state index contributed by atoms with van der Waals surface area (Å²) in [4.78, 5) is 1.07. The monoisotopic (exact) mass is 241 g/mol. The first-order chi connectivity index (χ1) is 7.16. The molecule has 0 N–H and O–H groups in total. The van der Waals surface area contributed by atoms with Crippen LogP contribution in [0.25, 0.3) is 10.7 Å². The smallest absolute Gasteiger partial charge is 0.173 e. The summed E-state index contributed by atoms with van der Waals surface area (Å²) in [5.41, 5.74) is 0. The molecule has 0 fully saturated rings. The normalized spacial score (nSPS) is 11.2. The molecule has 15 heavy (non-hydrogen) atoms. The van der Waals surface area contributed by atoms with Gasteiger partial charge in [0.25, 0.3) is 0 Å². The second kappa shape index (κ2) is 4.33. The molecule has 0 aromatic carbocycles. The highest BCUT2D eigenvalue weighted by atomic mass is 35.5. The van der Waals surface area contributed by atoms with Gasteiger partial charge in [-0.25, -0.2) is 0 Å². The molecular formula is C10H12ClN3S. The second-order valence-electron chi connectivity index (χ2n) is 3.80. The number of nitrogens with zero attached hydrogens (tertiary/aromatic N) is 3. The molecule has 0 amide bonds. The van der Waals surface area contributed by atoms with Crippen LogP contribution in [0.5, 0.6) is 0 Å². The van der Waals surface area contributed by atoms with E-state index in [4.69, 9.17) is 11.6 Å². The third kappa shape index (κ3) is 2.38. The molecule has 0 aliphatic carbocycles. The zero-order valence-corrected chi connectivity index (χ0v) is 10.2. The summed E-state index contributed by atoms with van der Waals surface area (Å²) in [7, 11) is 0. The quantitative estimate of drug-likeness (QED) is 0.826. The van der Waals surface area contributed by atoms with E-state index in [9.17, 15) is 0 Å². The average molecular weight is 242 g/mol. The van der Waals surface area contributed by atoms with Crippen LogP contribution in [0.2, 0.25) is 4.34 Å². The topological polar surface area (TPSA) is 30.7 Å². The number of aromatic nitrogens is 3. The molecule has 0 aliphatic heterocycles. The number of rotatable bonds is 3. The summed E-state index contributed by atoms with van der Waals surface area (Å²) < 4.78 is 2.84. The first-order valence-electron chi connectivity index (χ1n) is 4.80. The van der Waals surface area contributed by atoms with Crippen molar-refractivity contribution in [2.45, 2.75) is 20.4 Å². The van der Waals surface area contributed by atoms with E-state index in [1.54, 1.807) is 6.33 Å². The van der Waals surface area contributed by atoms with Gasteiger partial charge in [0, 0.05) is 6.54 Å². The minimum Gasteiger partial charge on any atom is -0.313 e. The van der Waals surface area contributed by atoms with Crippen molar-refractivity contribution in [3.63, 3.8) is 0 Å². The van der Waals surface area contributed by atoms with Gasteiger partial charge in [0.15, 0.2) is 5.82 Å². The standard InChI is InChI=1S/C10H12ClN3S/c1-7(2)5-14-6-12-13-10(14)8-3-4-9(11)15-8/h3-4,6-7H,5H2,1-2H3. The Hall–Kier alpha value is -0.870. The Morgan fingerprint density at radius 2 is 2.27 bits per heavy atom. The molecule has 0 unspecified atom stereocenters. The molecule has 0 atom stereocenters. The van der Waals surface area contributed by atoms with Gasteiger partial charge < -0.3 is 4.57 Å². The van der Waals surface area contributed by atoms with Crippen molar-refractivity contribution >= 4 is 22.9 Å². The van der Waals surface area contributed by atoms with Gasteiger partial charge in [0.05, 0.1) is 9.21 Å². The molecule has 0 aliphatic rings. The average Bonchev–Trinajstić information content (AvgIpc) is 2.72. The Kier molecular flexibility index (Phi) is 3.07. The Labute approximate surface area is 97.7 Å². The van der Waals surface area contributed by atoms with Gasteiger partial charge in [-0.1, -0.05) is 25.4 Å². The van der Waals surface area contributed by atoms with Gasteiger partial charge in [0.1, 0.15) is 6.33 Å². The molecule has 80 valence electrons. The summed E-state index contributed by atoms with van der Waals surface area (Å²) in [6.07, 6.45) is 1.77. The Balaban J connectivity index is 2.32. The van der Waals surface area contributed by atoms with E-state index >= 15 is 0 Å². The molecule has 2 heterocycles. The Morgan fingerprint density at radius 1 is 1.47 bits per heavy atom. The lowest BCUT2D eigenvalue weighted by molar-refractivity contribution is 0.525. The van der Waals surface area contributed by atoms with E-state index in [0.29, 0.717) is 5.92 Å². The van der Waals surface area contributed by atoms with Crippen molar-refractivity contribution < 1.29 is 0 Å². The minimum absolute atomic E-state index is 0.579. The van der Waals surface area contributed by atoms with Crippen LogP contribution in [0, 0.1) is 5.92 Å². The highest BCUT2D eigenvalue weighted by molar-refractivity contribution is 7.19. The predicted octanol–water partition coefficient (Wildman–Crippen LogP) is 3.32. The molecular weight excluding hydrogens is 230 g/mol. The number of hydrogen-bond acceptors (Lipinski definition) is 3. The fraction of sp³-hybridized carbons (Fsp3) is 0.400. The van der Waals surface area contributed by atoms with Gasteiger partial charge >= 0.3 is 0 Å². The van der Waals surface area contributed by atoms with Crippen molar-refractivity contribution in [1.29, 1.82) is 0 Å². The SMILES string of the molecule is CC(C)Cn1cnnc1-c1ccc(Cl)s1.